The Hall–Kier alpha value is -2.64. The van der Waals surface area contributed by atoms with Crippen LogP contribution in [0.4, 0.5) is 0 Å². The van der Waals surface area contributed by atoms with Crippen molar-refractivity contribution in [1.29, 1.82) is 0 Å². The van der Waals surface area contributed by atoms with Crippen LogP contribution in [-0.4, -0.2) is 32.1 Å². The summed E-state index contributed by atoms with van der Waals surface area (Å²) in [5.41, 5.74) is 6.38. The van der Waals surface area contributed by atoms with Gasteiger partial charge in [0.15, 0.2) is 11.0 Å². The Morgan fingerprint density at radius 1 is 1.12 bits per heavy atom. The summed E-state index contributed by atoms with van der Waals surface area (Å²) in [5, 5.41) is 14.1. The highest BCUT2D eigenvalue weighted by molar-refractivity contribution is 7.99. The van der Waals surface area contributed by atoms with E-state index in [2.05, 4.69) is 65.8 Å². The third-order valence-electron chi connectivity index (χ3n) is 4.99. The lowest BCUT2D eigenvalue weighted by Crippen LogP contribution is -2.21. The quantitative estimate of drug-likeness (QED) is 0.280. The van der Waals surface area contributed by atoms with Gasteiger partial charge in [-0.25, -0.2) is 5.43 Å². The van der Waals surface area contributed by atoms with E-state index in [4.69, 9.17) is 11.6 Å². The van der Waals surface area contributed by atoms with Crippen LogP contribution in [0.2, 0.25) is 5.02 Å². The third-order valence-corrected chi connectivity index (χ3v) is 6.28. The smallest absolute Gasteiger partial charge is 0.250 e. The van der Waals surface area contributed by atoms with E-state index in [1.807, 2.05) is 29.7 Å². The molecule has 0 aliphatic carbocycles. The molecule has 1 N–H and O–H groups in total. The molecule has 8 heteroatoms. The number of amides is 1. The second kappa shape index (κ2) is 10.3. The molecule has 6 nitrogen and oxygen atoms in total. The van der Waals surface area contributed by atoms with E-state index in [9.17, 15) is 4.79 Å². The molecule has 3 rings (SSSR count). The molecule has 32 heavy (non-hydrogen) atoms. The predicted octanol–water partition coefficient (Wildman–Crippen LogP) is 5.55. The largest absolute Gasteiger partial charge is 0.302 e. The topological polar surface area (TPSA) is 72.2 Å². The molecule has 0 saturated carbocycles. The summed E-state index contributed by atoms with van der Waals surface area (Å²) >= 11 is 7.51. The zero-order valence-corrected chi connectivity index (χ0v) is 20.6. The maximum absolute atomic E-state index is 12.3. The summed E-state index contributed by atoms with van der Waals surface area (Å²) in [4.78, 5) is 12.3. The maximum atomic E-state index is 12.3. The van der Waals surface area contributed by atoms with Crippen LogP contribution >= 0.6 is 23.4 Å². The SMILES string of the molecule is CCn1c(SCC(=O)NN=C(C)c2ccccc2Cl)nnc1-c1ccc(C(C)(C)C)cc1. The number of aromatic nitrogens is 3. The second-order valence-electron chi connectivity index (χ2n) is 8.38. The highest BCUT2D eigenvalue weighted by Gasteiger charge is 2.17. The Morgan fingerprint density at radius 3 is 2.44 bits per heavy atom. The average Bonchev–Trinajstić information content (AvgIpc) is 3.18. The lowest BCUT2D eigenvalue weighted by molar-refractivity contribution is -0.118. The van der Waals surface area contributed by atoms with Gasteiger partial charge in [-0.05, 0) is 30.9 Å². The zero-order valence-electron chi connectivity index (χ0n) is 19.0. The van der Waals surface area contributed by atoms with Gasteiger partial charge >= 0.3 is 0 Å². The number of halogens is 1. The minimum Gasteiger partial charge on any atom is -0.302 e. The standard InChI is InChI=1S/C24H28ClN5OS/c1-6-30-22(17-11-13-18(14-12-17)24(3,4)5)28-29-23(30)32-15-21(31)27-26-16(2)19-9-7-8-10-20(19)25/h7-14H,6,15H2,1-5H3,(H,27,31). The van der Waals surface area contributed by atoms with Crippen molar-refractivity contribution in [3.63, 3.8) is 0 Å². The number of nitrogens with one attached hydrogen (secondary N) is 1. The molecule has 168 valence electrons. The van der Waals surface area contributed by atoms with Gasteiger partial charge in [0, 0.05) is 22.7 Å². The van der Waals surface area contributed by atoms with Crippen LogP contribution in [-0.2, 0) is 16.8 Å². The molecule has 0 aliphatic rings. The molecule has 1 amide bonds. The molecule has 0 fully saturated rings. The summed E-state index contributed by atoms with van der Waals surface area (Å²) in [6.07, 6.45) is 0. The highest BCUT2D eigenvalue weighted by Crippen LogP contribution is 2.27. The summed E-state index contributed by atoms with van der Waals surface area (Å²) in [6.45, 7) is 11.1. The molecule has 0 radical (unpaired) electrons. The van der Waals surface area contributed by atoms with Crippen molar-refractivity contribution >= 4 is 35.0 Å². The van der Waals surface area contributed by atoms with Crippen molar-refractivity contribution in [3.8, 4) is 11.4 Å². The molecule has 0 aliphatic heterocycles. The van der Waals surface area contributed by atoms with Crippen molar-refractivity contribution < 1.29 is 4.79 Å². The normalized spacial score (nSPS) is 12.1. The van der Waals surface area contributed by atoms with E-state index in [-0.39, 0.29) is 17.1 Å². The van der Waals surface area contributed by atoms with Gasteiger partial charge in [0.1, 0.15) is 0 Å². The first-order valence-corrected chi connectivity index (χ1v) is 11.8. The Balaban J connectivity index is 1.66. The number of rotatable bonds is 7. The second-order valence-corrected chi connectivity index (χ2v) is 9.73. The molecule has 2 aromatic carbocycles. The van der Waals surface area contributed by atoms with Crippen LogP contribution in [0.3, 0.4) is 0 Å². The number of thioether (sulfide) groups is 1. The van der Waals surface area contributed by atoms with Gasteiger partial charge in [-0.3, -0.25) is 4.79 Å². The fourth-order valence-electron chi connectivity index (χ4n) is 3.14. The van der Waals surface area contributed by atoms with Gasteiger partial charge in [0.2, 0.25) is 0 Å². The fourth-order valence-corrected chi connectivity index (χ4v) is 4.20. The van der Waals surface area contributed by atoms with Crippen LogP contribution in [0.25, 0.3) is 11.4 Å². The number of hydrazone groups is 1. The number of nitrogens with zero attached hydrogens (tertiary/aromatic N) is 4. The van der Waals surface area contributed by atoms with Crippen LogP contribution in [0, 0.1) is 0 Å². The van der Waals surface area contributed by atoms with E-state index >= 15 is 0 Å². The Kier molecular flexibility index (Phi) is 7.74. The molecule has 0 unspecified atom stereocenters. The summed E-state index contributed by atoms with van der Waals surface area (Å²) in [5.74, 6) is 0.756. The zero-order chi connectivity index (χ0) is 23.3. The van der Waals surface area contributed by atoms with E-state index in [1.54, 1.807) is 13.0 Å². The first-order chi connectivity index (χ1) is 15.2. The van der Waals surface area contributed by atoms with Crippen LogP contribution in [0.1, 0.15) is 45.7 Å². The van der Waals surface area contributed by atoms with E-state index in [1.165, 1.54) is 17.3 Å². The molecule has 1 aromatic heterocycles. The molecule has 3 aromatic rings. The average molecular weight is 470 g/mol. The lowest BCUT2D eigenvalue weighted by Gasteiger charge is -2.19. The number of carbonyl (C=O) groups excluding carboxylic acids is 1. The molecule has 0 spiro atoms. The lowest BCUT2D eigenvalue weighted by atomic mass is 9.87. The monoisotopic (exact) mass is 469 g/mol. The van der Waals surface area contributed by atoms with Crippen molar-refractivity contribution in [2.45, 2.75) is 51.7 Å². The molecular weight excluding hydrogens is 442 g/mol. The predicted molar refractivity (Wildman–Crippen MR) is 132 cm³/mol. The first-order valence-electron chi connectivity index (χ1n) is 10.5. The molecule has 0 saturated heterocycles. The van der Waals surface area contributed by atoms with E-state index < -0.39 is 0 Å². The third kappa shape index (κ3) is 5.78. The van der Waals surface area contributed by atoms with Crippen molar-refractivity contribution in [3.05, 3.63) is 64.7 Å². The Morgan fingerprint density at radius 2 is 1.81 bits per heavy atom. The molecule has 0 bridgehead atoms. The van der Waals surface area contributed by atoms with Gasteiger partial charge in [-0.15, -0.1) is 10.2 Å². The summed E-state index contributed by atoms with van der Waals surface area (Å²) < 4.78 is 2.02. The van der Waals surface area contributed by atoms with Crippen molar-refractivity contribution in [2.24, 2.45) is 5.10 Å². The Labute approximate surface area is 198 Å². The number of benzene rings is 2. The van der Waals surface area contributed by atoms with Crippen molar-refractivity contribution in [1.82, 2.24) is 20.2 Å². The number of hydrogen-bond acceptors (Lipinski definition) is 5. The van der Waals surface area contributed by atoms with Gasteiger partial charge in [0.25, 0.3) is 5.91 Å². The minimum atomic E-state index is -0.219. The van der Waals surface area contributed by atoms with Gasteiger partial charge in [-0.1, -0.05) is 86.6 Å². The Bertz CT molecular complexity index is 1120. The van der Waals surface area contributed by atoms with Crippen molar-refractivity contribution in [2.75, 3.05) is 5.75 Å². The van der Waals surface area contributed by atoms with Gasteiger partial charge in [-0.2, -0.15) is 5.10 Å². The number of carbonyl (C=O) groups is 1. The van der Waals surface area contributed by atoms with Gasteiger partial charge in [0.05, 0.1) is 11.5 Å². The van der Waals surface area contributed by atoms with E-state index in [0.29, 0.717) is 22.4 Å². The number of hydrogen-bond donors (Lipinski definition) is 1. The maximum Gasteiger partial charge on any atom is 0.250 e. The molecule has 1 heterocycles. The van der Waals surface area contributed by atoms with E-state index in [0.717, 1.165) is 17.0 Å². The highest BCUT2D eigenvalue weighted by atomic mass is 35.5. The first kappa shape index (κ1) is 24.0. The van der Waals surface area contributed by atoms with Crippen LogP contribution in [0.15, 0.2) is 58.8 Å². The van der Waals surface area contributed by atoms with Gasteiger partial charge < -0.3 is 4.57 Å². The fraction of sp³-hybridized carbons (Fsp3) is 0.333. The van der Waals surface area contributed by atoms with Crippen LogP contribution in [0.5, 0.6) is 0 Å². The molecule has 0 atom stereocenters. The minimum absolute atomic E-state index is 0.0953. The summed E-state index contributed by atoms with van der Waals surface area (Å²) in [7, 11) is 0. The molecular formula is C24H28ClN5OS. The van der Waals surface area contributed by atoms with Crippen LogP contribution < -0.4 is 5.43 Å². The summed E-state index contributed by atoms with van der Waals surface area (Å²) in [6, 6.07) is 15.8.